The summed E-state index contributed by atoms with van der Waals surface area (Å²) in [5, 5.41) is 9.61. The van der Waals surface area contributed by atoms with Gasteiger partial charge in [-0.25, -0.2) is 14.4 Å². The number of esters is 2. The number of nitrogens with one attached hydrogen (secondary N) is 2. The van der Waals surface area contributed by atoms with Crippen LogP contribution in [0.25, 0.3) is 0 Å². The predicted octanol–water partition coefficient (Wildman–Crippen LogP) is 4.25. The van der Waals surface area contributed by atoms with Crippen molar-refractivity contribution in [3.05, 3.63) is 11.6 Å². The topological polar surface area (TPSA) is 158 Å². The summed E-state index contributed by atoms with van der Waals surface area (Å²) in [4.78, 5) is 35.4. The average molecular weight is 553 g/mol. The molecule has 212 valence electrons. The van der Waals surface area contributed by atoms with Gasteiger partial charge in [0.15, 0.2) is 5.96 Å². The zero-order chi connectivity index (χ0) is 27.5. The molecule has 0 aromatic rings. The van der Waals surface area contributed by atoms with Crippen molar-refractivity contribution in [3.8, 4) is 0 Å². The molecule has 3 atom stereocenters. The number of nitrogens with two attached hydrogens (primary N) is 2. The number of allylic oxidation sites excluding steroid dienone is 1. The van der Waals surface area contributed by atoms with Crippen molar-refractivity contribution in [2.75, 3.05) is 6.54 Å². The standard InChI is InChI=1S/C27H50N4O5.Ca.2H/c1-19(2)10-6-11-20(3)12-7-13-21(4)14-8-15-22(5)18-24(32)35-27(34)36-25(33)23(28)16-9-17-31-26(29)30;;;/h18-21,23H,6-17,28H2,1-5H3,(H4,29,30,31);;;/b22-18+;;;/t20-,21-,23?;;;/m1.../s1. The Labute approximate surface area is 253 Å². The Hall–Kier alpha value is -1.16. The second-order valence-corrected chi connectivity index (χ2v) is 10.5. The van der Waals surface area contributed by atoms with Gasteiger partial charge in [0.05, 0.1) is 0 Å². The van der Waals surface area contributed by atoms with Gasteiger partial charge in [0.2, 0.25) is 0 Å². The number of guanidine groups is 1. The SMILES string of the molecule is C/C(=C\C(=O)OC(=O)OC(=O)C(N)CCCNC(=N)N)CCC[C@H](C)CCC[C@H](C)CCCC(C)C.[CaH2]. The van der Waals surface area contributed by atoms with Gasteiger partial charge in [0, 0.05) is 12.6 Å². The fourth-order valence-corrected chi connectivity index (χ4v) is 3.93. The second-order valence-electron chi connectivity index (χ2n) is 10.5. The average Bonchev–Trinajstić information content (AvgIpc) is 2.75. The summed E-state index contributed by atoms with van der Waals surface area (Å²) in [5.41, 5.74) is 11.6. The molecule has 0 saturated carbocycles. The number of rotatable bonds is 18. The van der Waals surface area contributed by atoms with Crippen LogP contribution in [0.15, 0.2) is 11.6 Å². The fourth-order valence-electron chi connectivity index (χ4n) is 3.93. The maximum atomic E-state index is 11.9. The summed E-state index contributed by atoms with van der Waals surface area (Å²) in [5.74, 6) is 0.187. The molecule has 0 rings (SSSR count). The summed E-state index contributed by atoms with van der Waals surface area (Å²) < 4.78 is 9.01. The van der Waals surface area contributed by atoms with Crippen LogP contribution < -0.4 is 16.8 Å². The molecule has 0 aliphatic rings. The van der Waals surface area contributed by atoms with E-state index < -0.39 is 24.1 Å². The molecule has 1 unspecified atom stereocenters. The van der Waals surface area contributed by atoms with Crippen molar-refractivity contribution >= 4 is 61.8 Å². The maximum absolute atomic E-state index is 11.9. The van der Waals surface area contributed by atoms with Gasteiger partial charge in [0.1, 0.15) is 6.04 Å². The van der Waals surface area contributed by atoms with E-state index in [1.54, 1.807) is 0 Å². The molecule has 0 aromatic carbocycles. The molecular weight excluding hydrogens is 500 g/mol. The van der Waals surface area contributed by atoms with Crippen molar-refractivity contribution in [3.63, 3.8) is 0 Å². The molecular formula is C27H52CaN4O5. The molecule has 0 saturated heterocycles. The minimum absolute atomic E-state index is 0. The normalized spacial score (nSPS) is 13.8. The molecule has 10 heteroatoms. The van der Waals surface area contributed by atoms with E-state index in [1.165, 1.54) is 44.6 Å². The van der Waals surface area contributed by atoms with Crippen molar-refractivity contribution in [2.24, 2.45) is 29.2 Å². The first-order valence-corrected chi connectivity index (χ1v) is 13.4. The molecule has 0 aromatic heterocycles. The quantitative estimate of drug-likeness (QED) is 0.0374. The molecule has 0 bridgehead atoms. The Morgan fingerprint density at radius 2 is 1.41 bits per heavy atom. The van der Waals surface area contributed by atoms with E-state index in [4.69, 9.17) is 16.9 Å². The van der Waals surface area contributed by atoms with Gasteiger partial charge < -0.3 is 26.3 Å². The molecule has 0 aliphatic carbocycles. The summed E-state index contributed by atoms with van der Waals surface area (Å²) >= 11 is 0. The number of ether oxygens (including phenoxy) is 2. The van der Waals surface area contributed by atoms with Crippen LogP contribution in [0.2, 0.25) is 0 Å². The third kappa shape index (κ3) is 23.7. The van der Waals surface area contributed by atoms with Gasteiger partial charge in [-0.2, -0.15) is 0 Å². The Balaban J connectivity index is 0. The van der Waals surface area contributed by atoms with E-state index in [1.807, 2.05) is 6.92 Å². The van der Waals surface area contributed by atoms with Gasteiger partial charge in [-0.1, -0.05) is 78.2 Å². The zero-order valence-electron chi connectivity index (χ0n) is 23.1. The van der Waals surface area contributed by atoms with Crippen LogP contribution in [-0.4, -0.2) is 74.4 Å². The Morgan fingerprint density at radius 3 is 1.95 bits per heavy atom. The molecule has 0 spiro atoms. The Kier molecular flexibility index (Phi) is 23.4. The van der Waals surface area contributed by atoms with E-state index in [9.17, 15) is 14.4 Å². The van der Waals surface area contributed by atoms with E-state index in [2.05, 4.69) is 42.5 Å². The molecule has 0 heterocycles. The van der Waals surface area contributed by atoms with Crippen LogP contribution in [0.5, 0.6) is 0 Å². The van der Waals surface area contributed by atoms with Gasteiger partial charge in [-0.15, -0.1) is 0 Å². The second kappa shape index (κ2) is 22.8. The monoisotopic (exact) mass is 552 g/mol. The molecule has 0 fully saturated rings. The van der Waals surface area contributed by atoms with Crippen LogP contribution >= 0.6 is 0 Å². The Morgan fingerprint density at radius 1 is 0.865 bits per heavy atom. The van der Waals surface area contributed by atoms with Crippen LogP contribution in [0.1, 0.15) is 105 Å². The van der Waals surface area contributed by atoms with Crippen LogP contribution in [0.3, 0.4) is 0 Å². The molecule has 37 heavy (non-hydrogen) atoms. The third-order valence-electron chi connectivity index (χ3n) is 6.18. The van der Waals surface area contributed by atoms with E-state index in [0.717, 1.165) is 36.7 Å². The Bertz CT molecular complexity index is 715. The molecule has 9 nitrogen and oxygen atoms in total. The van der Waals surface area contributed by atoms with Crippen molar-refractivity contribution < 1.29 is 23.9 Å². The summed E-state index contributed by atoms with van der Waals surface area (Å²) in [7, 11) is 0. The summed E-state index contributed by atoms with van der Waals surface area (Å²) in [6.07, 6.45) is 11.0. The molecule has 0 radical (unpaired) electrons. The predicted molar refractivity (Wildman–Crippen MR) is 152 cm³/mol. The minimum atomic E-state index is -1.39. The summed E-state index contributed by atoms with van der Waals surface area (Å²) in [6.45, 7) is 11.4. The number of carbonyl (C=O) groups excluding carboxylic acids is 3. The van der Waals surface area contributed by atoms with Crippen LogP contribution in [0.4, 0.5) is 4.79 Å². The number of hydrogen-bond acceptors (Lipinski definition) is 7. The van der Waals surface area contributed by atoms with Crippen LogP contribution in [-0.2, 0) is 19.1 Å². The van der Waals surface area contributed by atoms with Crippen molar-refractivity contribution in [1.82, 2.24) is 5.32 Å². The molecule has 0 aliphatic heterocycles. The number of carbonyl (C=O) groups is 3. The molecule has 6 N–H and O–H groups in total. The first-order chi connectivity index (χ1) is 16.9. The van der Waals surface area contributed by atoms with Crippen LogP contribution in [0, 0.1) is 23.2 Å². The van der Waals surface area contributed by atoms with Gasteiger partial charge >= 0.3 is 55.8 Å². The molecule has 0 amide bonds. The van der Waals surface area contributed by atoms with Crippen molar-refractivity contribution in [1.29, 1.82) is 5.41 Å². The summed E-state index contributed by atoms with van der Waals surface area (Å²) in [6, 6.07) is -1.05. The van der Waals surface area contributed by atoms with E-state index in [0.29, 0.717) is 18.9 Å². The first kappa shape index (κ1) is 38.0. The fraction of sp³-hybridized carbons (Fsp3) is 0.778. The van der Waals surface area contributed by atoms with E-state index in [-0.39, 0.29) is 50.1 Å². The first-order valence-electron chi connectivity index (χ1n) is 13.4. The zero-order valence-corrected chi connectivity index (χ0v) is 23.1. The van der Waals surface area contributed by atoms with Gasteiger partial charge in [-0.3, -0.25) is 5.41 Å². The number of hydrogen-bond donors (Lipinski definition) is 4. The third-order valence-corrected chi connectivity index (χ3v) is 6.18. The van der Waals surface area contributed by atoms with Gasteiger partial charge in [-0.05, 0) is 50.4 Å². The van der Waals surface area contributed by atoms with Crippen molar-refractivity contribution in [2.45, 2.75) is 111 Å². The van der Waals surface area contributed by atoms with Gasteiger partial charge in [0.25, 0.3) is 0 Å². The van der Waals surface area contributed by atoms with E-state index >= 15 is 0 Å².